The molecule has 3 unspecified atom stereocenters. The number of nitrogens with one attached hydrogen (secondary N) is 2. The molecule has 3 atom stereocenters. The smallest absolute Gasteiger partial charge is 0.295 e. The summed E-state index contributed by atoms with van der Waals surface area (Å²) < 4.78 is 0. The first kappa shape index (κ1) is 90.7. The molecule has 0 bridgehead atoms. The molecule has 143 valence electrons. The molecule has 2 amide bonds. The summed E-state index contributed by atoms with van der Waals surface area (Å²) in [5, 5.41) is 13.7. The van der Waals surface area contributed by atoms with Crippen molar-refractivity contribution < 1.29 is 445 Å². The van der Waals surface area contributed by atoms with E-state index in [1.807, 2.05) is 0 Å². The van der Waals surface area contributed by atoms with Gasteiger partial charge in [-0.2, -0.15) is 6.92 Å². The van der Waals surface area contributed by atoms with E-state index in [2.05, 4.69) is 27.5 Å². The SMILES string of the molecule is C[C-](SP)C(=O)N[CH-]C(=O)NC([CH-]SP)C(=O)O.[Y].[Y].[Y].[Y].[Y].[Y].[Y].[Y].[Y].[Y].[Y].[Y].[Y]. The molecule has 0 fully saturated rings. The number of carbonyl (C=O) groups excluding carboxylic acids is 2. The summed E-state index contributed by atoms with van der Waals surface area (Å²) in [5.74, 6) is -0.952. The van der Waals surface area contributed by atoms with Gasteiger partial charge in [0.1, 0.15) is 0 Å². The Hall–Kier alpha value is 14.1. The van der Waals surface area contributed by atoms with Crippen molar-refractivity contribution in [1.82, 2.24) is 10.6 Å². The van der Waals surface area contributed by atoms with Gasteiger partial charge in [0.05, 0.1) is 11.8 Å². The van der Waals surface area contributed by atoms with Gasteiger partial charge in [-0.1, -0.05) is 0 Å². The zero-order chi connectivity index (χ0) is 14.1. The molecule has 0 spiro atoms. The van der Waals surface area contributed by atoms with Crippen molar-refractivity contribution in [1.29, 1.82) is 0 Å². The van der Waals surface area contributed by atoms with E-state index in [4.69, 9.17) is 5.11 Å². The maximum Gasteiger partial charge on any atom is 0.295 e. The molecule has 6 nitrogen and oxygen atoms in total. The molecule has 0 aliphatic rings. The van der Waals surface area contributed by atoms with Gasteiger partial charge >= 0.3 is 0 Å². The van der Waals surface area contributed by atoms with Gasteiger partial charge in [-0.3, -0.25) is 16.2 Å². The Labute approximate surface area is 526 Å². The fourth-order valence-corrected chi connectivity index (χ4v) is 2.01. The van der Waals surface area contributed by atoms with Crippen LogP contribution in [0.2, 0.25) is 0 Å². The van der Waals surface area contributed by atoms with Gasteiger partial charge in [0.15, 0.2) is 0 Å². The van der Waals surface area contributed by atoms with Crippen LogP contribution in [0.25, 0.3) is 0 Å². The van der Waals surface area contributed by atoms with Gasteiger partial charge in [-0.15, -0.1) is 16.9 Å². The number of aliphatic carboxylic acids is 1. The van der Waals surface area contributed by atoms with Crippen molar-refractivity contribution in [3.8, 4) is 0 Å². The van der Waals surface area contributed by atoms with E-state index in [-0.39, 0.29) is 425 Å². The maximum atomic E-state index is 11.3. The van der Waals surface area contributed by atoms with Crippen LogP contribution in [-0.4, -0.2) is 28.9 Å². The number of carboxylic acids is 1. The number of carbonyl (C=O) groups is 3. The Morgan fingerprint density at radius 3 is 1.45 bits per heavy atom. The van der Waals surface area contributed by atoms with Gasteiger partial charge < -0.3 is 36.7 Å². The molecule has 0 heterocycles. The van der Waals surface area contributed by atoms with E-state index in [1.165, 1.54) is 17.1 Å². The summed E-state index contributed by atoms with van der Waals surface area (Å²) in [6, 6.07) is -1.12. The maximum absolute atomic E-state index is 11.3. The topological polar surface area (TPSA) is 95.5 Å². The van der Waals surface area contributed by atoms with Crippen LogP contribution in [0.4, 0.5) is 0 Å². The van der Waals surface area contributed by atoms with Crippen molar-refractivity contribution in [2.24, 2.45) is 0 Å². The predicted molar refractivity (Wildman–Crippen MR) is 79.8 cm³/mol. The standard InChI is InChI=1S/C8H13N2O4P2S2.13Y/c1-4(18-16)7(12)9-2-6(11)10-5(3-17-15)8(13)14;;;;;;;;;;;;;/h2-3,5H,15-16H2,1H3,(H,9,12)(H,10,11)(H,13,14);;;;;;;;;;;;;/q-3;;;;;;;;;;;;;. The summed E-state index contributed by atoms with van der Waals surface area (Å²) in [6.45, 7) is 2.49. The number of hydrogen-bond acceptors (Lipinski definition) is 5. The average Bonchev–Trinajstić information content (AvgIpc) is 2.34. The van der Waals surface area contributed by atoms with Crippen LogP contribution in [0.1, 0.15) is 6.92 Å². The van der Waals surface area contributed by atoms with Gasteiger partial charge in [-0.05, 0) is 0 Å². The summed E-state index contributed by atoms with van der Waals surface area (Å²) in [6.07, 6.45) is 0. The van der Waals surface area contributed by atoms with Crippen LogP contribution in [-0.2, 0) is 440 Å². The van der Waals surface area contributed by atoms with Crippen molar-refractivity contribution in [3.63, 3.8) is 0 Å². The normalized spacial score (nSPS) is 6.55. The van der Waals surface area contributed by atoms with E-state index < -0.39 is 23.8 Å². The molecule has 3 N–H and O–H groups in total. The number of rotatable bonds is 8. The molecule has 0 aliphatic carbocycles. The van der Waals surface area contributed by atoms with Gasteiger partial charge in [-0.25, -0.2) is 17.5 Å². The molecular formula is C8H13N2O4P2S2Y13-3. The Bertz CT molecular complexity index is 350. The molecule has 0 saturated heterocycles. The third-order valence-corrected chi connectivity index (χ3v) is 4.11. The molecule has 0 aromatic heterocycles. The first-order valence-corrected chi connectivity index (χ1v) is 9.14. The van der Waals surface area contributed by atoms with Crippen LogP contribution in [0.15, 0.2) is 0 Å². The summed E-state index contributed by atoms with van der Waals surface area (Å²) >= 11 is 2.27. The summed E-state index contributed by atoms with van der Waals surface area (Å²) in [7, 11) is 4.56. The van der Waals surface area contributed by atoms with Crippen LogP contribution < -0.4 is 10.6 Å². The number of carboxylic acid groups (broad SMARTS) is 1. The Morgan fingerprint density at radius 1 is 0.839 bits per heavy atom. The van der Waals surface area contributed by atoms with Crippen molar-refractivity contribution >= 4 is 57.4 Å². The fourth-order valence-electron chi connectivity index (χ4n) is 0.714. The van der Waals surface area contributed by atoms with Gasteiger partial charge in [0.2, 0.25) is 0 Å². The van der Waals surface area contributed by atoms with Gasteiger partial charge in [0, 0.05) is 431 Å². The molecule has 0 aromatic rings. The zero-order valence-electron chi connectivity index (χ0n) is 16.9. The van der Waals surface area contributed by atoms with E-state index in [0.29, 0.717) is 5.25 Å². The average molecular weight is 1480 g/mol. The van der Waals surface area contributed by atoms with Crippen molar-refractivity contribution in [3.05, 3.63) is 17.5 Å². The third kappa shape index (κ3) is 59.9. The second-order valence-electron chi connectivity index (χ2n) is 2.89. The van der Waals surface area contributed by atoms with Crippen LogP contribution in [0, 0.1) is 17.5 Å². The quantitative estimate of drug-likeness (QED) is 0.244. The largest absolute Gasteiger partial charge is 0.506 e. The van der Waals surface area contributed by atoms with E-state index >= 15 is 0 Å². The summed E-state index contributed by atoms with van der Waals surface area (Å²) in [4.78, 5) is 33.4. The molecule has 0 rings (SSSR count). The van der Waals surface area contributed by atoms with Gasteiger partial charge in [0.25, 0.3) is 5.97 Å². The summed E-state index contributed by atoms with van der Waals surface area (Å²) in [5.41, 5.74) is 0. The first-order valence-electron chi connectivity index (χ1n) is 4.49. The van der Waals surface area contributed by atoms with Crippen LogP contribution in [0.5, 0.6) is 0 Å². The zero-order valence-corrected chi connectivity index (χ0v) is 57.7. The molecule has 0 saturated carbocycles. The molecule has 31 heavy (non-hydrogen) atoms. The Morgan fingerprint density at radius 2 is 1.19 bits per heavy atom. The Balaban J connectivity index is -0.0000000185. The minimum absolute atomic E-state index is 0. The second kappa shape index (κ2) is 66.5. The fraction of sp³-hybridized carbons (Fsp3) is 0.250. The van der Waals surface area contributed by atoms with Crippen LogP contribution in [0.3, 0.4) is 0 Å². The van der Waals surface area contributed by atoms with E-state index in [9.17, 15) is 14.4 Å². The number of hydrogen-bond donors (Lipinski definition) is 3. The van der Waals surface area contributed by atoms with Crippen molar-refractivity contribution in [2.75, 3.05) is 0 Å². The van der Waals surface area contributed by atoms with E-state index in [0.717, 1.165) is 17.9 Å². The molecule has 13 radical (unpaired) electrons. The Kier molecular flexibility index (Phi) is 194. The minimum Gasteiger partial charge on any atom is -0.506 e. The monoisotopic (exact) mass is 1480 g/mol. The third-order valence-electron chi connectivity index (χ3n) is 1.61. The number of amides is 2. The van der Waals surface area contributed by atoms with Crippen molar-refractivity contribution in [2.45, 2.75) is 13.0 Å². The minimum atomic E-state index is -1.18. The molecule has 0 aromatic carbocycles. The van der Waals surface area contributed by atoms with Crippen LogP contribution >= 0.6 is 39.6 Å². The molecule has 0 aliphatic heterocycles. The van der Waals surface area contributed by atoms with E-state index in [1.54, 1.807) is 6.92 Å². The second-order valence-corrected chi connectivity index (χ2v) is 5.80. The predicted octanol–water partition coefficient (Wildman–Crippen LogP) is 0.562. The molecule has 23 heteroatoms. The molecular weight excluding hydrogens is 1470 g/mol. The first-order chi connectivity index (χ1) is 8.42.